The number of fused-ring (bicyclic) bond motifs is 1. The van der Waals surface area contributed by atoms with Crippen LogP contribution in [0.15, 0.2) is 24.4 Å². The molecule has 0 bridgehead atoms. The van der Waals surface area contributed by atoms with Gasteiger partial charge in [0.15, 0.2) is 0 Å². The zero-order chi connectivity index (χ0) is 19.4. The number of aromatic nitrogens is 1. The van der Waals surface area contributed by atoms with Crippen LogP contribution in [0.1, 0.15) is 23.7 Å². The highest BCUT2D eigenvalue weighted by molar-refractivity contribution is 6.35. The van der Waals surface area contributed by atoms with Gasteiger partial charge in [0.25, 0.3) is 5.91 Å². The van der Waals surface area contributed by atoms with Crippen molar-refractivity contribution in [2.75, 3.05) is 25.5 Å². The number of nitrogens with one attached hydrogen (secondary N) is 3. The summed E-state index contributed by atoms with van der Waals surface area (Å²) in [4.78, 5) is 15.4. The molecule has 0 fully saturated rings. The lowest BCUT2D eigenvalue weighted by Crippen LogP contribution is -2.24. The Bertz CT molecular complexity index is 957. The molecule has 0 spiro atoms. The van der Waals surface area contributed by atoms with Crippen molar-refractivity contribution in [3.63, 3.8) is 0 Å². The zero-order valence-corrected chi connectivity index (χ0v) is 16.2. The van der Waals surface area contributed by atoms with Crippen LogP contribution < -0.4 is 15.4 Å². The van der Waals surface area contributed by atoms with Crippen molar-refractivity contribution in [3.8, 4) is 17.6 Å². The Morgan fingerprint density at radius 3 is 2.89 bits per heavy atom. The average molecular weight is 406 g/mol. The number of benzene rings is 1. The van der Waals surface area contributed by atoms with Crippen LogP contribution in [0.5, 0.6) is 5.75 Å². The predicted octanol–water partition coefficient (Wildman–Crippen LogP) is 2.40. The SMILES string of the molecule is COc1cc[nH]c1/C=C1\C(=O)Nc2ccc(F)c(C#CCNCC(C)O)c21.Cl. The number of amides is 1. The predicted molar refractivity (Wildman–Crippen MR) is 109 cm³/mol. The number of aliphatic hydroxyl groups is 1. The molecule has 1 aliphatic rings. The lowest BCUT2D eigenvalue weighted by molar-refractivity contribution is -0.110. The number of H-pyrrole nitrogens is 1. The van der Waals surface area contributed by atoms with Crippen LogP contribution in [0.2, 0.25) is 0 Å². The summed E-state index contributed by atoms with van der Waals surface area (Å²) in [5, 5.41) is 14.9. The summed E-state index contributed by atoms with van der Waals surface area (Å²) in [6, 6.07) is 4.54. The highest BCUT2D eigenvalue weighted by Gasteiger charge is 2.28. The molecule has 1 atom stereocenters. The van der Waals surface area contributed by atoms with E-state index in [4.69, 9.17) is 4.74 Å². The van der Waals surface area contributed by atoms with Crippen LogP contribution in [-0.4, -0.2) is 42.3 Å². The molecular formula is C20H21ClFN3O3. The highest BCUT2D eigenvalue weighted by atomic mass is 35.5. The fourth-order valence-electron chi connectivity index (χ4n) is 2.80. The van der Waals surface area contributed by atoms with Gasteiger partial charge in [-0.1, -0.05) is 11.8 Å². The molecule has 2 heterocycles. The van der Waals surface area contributed by atoms with Gasteiger partial charge < -0.3 is 25.5 Å². The van der Waals surface area contributed by atoms with E-state index in [1.165, 1.54) is 19.2 Å². The van der Waals surface area contributed by atoms with E-state index in [-0.39, 0.29) is 23.9 Å². The van der Waals surface area contributed by atoms with Gasteiger partial charge in [0.1, 0.15) is 11.6 Å². The van der Waals surface area contributed by atoms with Crippen LogP contribution in [0.4, 0.5) is 10.1 Å². The Hall–Kier alpha value is -2.79. The zero-order valence-electron chi connectivity index (χ0n) is 15.4. The minimum atomic E-state index is -0.502. The van der Waals surface area contributed by atoms with Crippen molar-refractivity contribution in [3.05, 3.63) is 47.0 Å². The summed E-state index contributed by atoms with van der Waals surface area (Å²) in [5.74, 6) is 5.38. The van der Waals surface area contributed by atoms with Gasteiger partial charge >= 0.3 is 0 Å². The van der Waals surface area contributed by atoms with Gasteiger partial charge in [-0.3, -0.25) is 4.79 Å². The van der Waals surface area contributed by atoms with Gasteiger partial charge in [-0.05, 0) is 31.2 Å². The Labute approximate surface area is 168 Å². The number of hydrogen-bond donors (Lipinski definition) is 4. The average Bonchev–Trinajstić information content (AvgIpc) is 3.21. The largest absolute Gasteiger partial charge is 0.495 e. The fraction of sp³-hybridized carbons (Fsp3) is 0.250. The van der Waals surface area contributed by atoms with E-state index >= 15 is 0 Å². The smallest absolute Gasteiger partial charge is 0.256 e. The van der Waals surface area contributed by atoms with Gasteiger partial charge in [-0.25, -0.2) is 4.39 Å². The number of hydrogen-bond acceptors (Lipinski definition) is 4. The molecule has 1 aromatic heterocycles. The first-order valence-electron chi connectivity index (χ1n) is 8.46. The number of aromatic amines is 1. The van der Waals surface area contributed by atoms with E-state index in [1.807, 2.05) is 0 Å². The second kappa shape index (κ2) is 9.42. The molecule has 1 aromatic carbocycles. The van der Waals surface area contributed by atoms with Crippen LogP contribution in [0.25, 0.3) is 11.6 Å². The molecule has 1 aliphatic heterocycles. The summed E-state index contributed by atoms with van der Waals surface area (Å²) in [6.45, 7) is 2.34. The van der Waals surface area contributed by atoms with Gasteiger partial charge in [0, 0.05) is 18.3 Å². The molecule has 8 heteroatoms. The Morgan fingerprint density at radius 2 is 2.18 bits per heavy atom. The molecule has 0 saturated heterocycles. The normalized spacial score (nSPS) is 14.6. The number of halogens is 2. The standard InChI is InChI=1S/C20H20FN3O3.ClH/c1-12(25)11-22-8-3-4-13-15(21)5-6-16-19(13)14(20(26)24-16)10-17-18(27-2)7-9-23-17;/h5-7,9-10,12,22-23,25H,8,11H2,1-2H3,(H,24,26);1H/b14-10-;. The molecule has 1 unspecified atom stereocenters. The first-order valence-corrected chi connectivity index (χ1v) is 8.46. The number of ether oxygens (including phenoxy) is 1. The molecule has 2 aromatic rings. The van der Waals surface area contributed by atoms with Gasteiger partial charge in [-0.15, -0.1) is 12.4 Å². The van der Waals surface area contributed by atoms with Gasteiger partial charge in [0.2, 0.25) is 0 Å². The second-order valence-electron chi connectivity index (χ2n) is 6.10. The summed E-state index contributed by atoms with van der Waals surface area (Å²) in [6.07, 6.45) is 2.83. The Kier molecular flexibility index (Phi) is 7.24. The first-order chi connectivity index (χ1) is 13.0. The summed E-state index contributed by atoms with van der Waals surface area (Å²) in [5.41, 5.74) is 2.02. The van der Waals surface area contributed by atoms with Crippen LogP contribution >= 0.6 is 12.4 Å². The van der Waals surface area contributed by atoms with E-state index in [9.17, 15) is 14.3 Å². The Balaban J connectivity index is 0.00000280. The van der Waals surface area contributed by atoms with Crippen LogP contribution in [0.3, 0.4) is 0 Å². The molecule has 28 heavy (non-hydrogen) atoms. The van der Waals surface area contributed by atoms with Crippen molar-refractivity contribution >= 4 is 35.7 Å². The molecule has 4 N–H and O–H groups in total. The van der Waals surface area contributed by atoms with Crippen molar-refractivity contribution < 1.29 is 19.0 Å². The summed E-state index contributed by atoms with van der Waals surface area (Å²) >= 11 is 0. The topological polar surface area (TPSA) is 86.4 Å². The second-order valence-corrected chi connectivity index (χ2v) is 6.10. The van der Waals surface area contributed by atoms with E-state index in [0.717, 1.165) is 0 Å². The number of aliphatic hydroxyl groups excluding tert-OH is 1. The van der Waals surface area contributed by atoms with Gasteiger partial charge in [-0.2, -0.15) is 0 Å². The third-order valence-electron chi connectivity index (χ3n) is 4.03. The van der Waals surface area contributed by atoms with E-state index in [2.05, 4.69) is 27.5 Å². The van der Waals surface area contributed by atoms with E-state index in [0.29, 0.717) is 41.4 Å². The molecule has 3 rings (SSSR count). The molecule has 6 nitrogen and oxygen atoms in total. The van der Waals surface area contributed by atoms with Crippen molar-refractivity contribution in [2.24, 2.45) is 0 Å². The number of methoxy groups -OCH3 is 1. The molecule has 0 radical (unpaired) electrons. The highest BCUT2D eigenvalue weighted by Crippen LogP contribution is 2.37. The number of carbonyl (C=O) groups excluding carboxylic acids is 1. The maximum absolute atomic E-state index is 14.4. The van der Waals surface area contributed by atoms with Crippen LogP contribution in [0, 0.1) is 17.7 Å². The minimum Gasteiger partial charge on any atom is -0.495 e. The molecule has 148 valence electrons. The number of rotatable bonds is 5. The molecule has 0 saturated carbocycles. The number of carbonyl (C=O) groups is 1. The number of anilines is 1. The summed E-state index contributed by atoms with van der Waals surface area (Å²) < 4.78 is 19.7. The lowest BCUT2D eigenvalue weighted by atomic mass is 9.99. The van der Waals surface area contributed by atoms with Crippen molar-refractivity contribution in [1.29, 1.82) is 0 Å². The lowest BCUT2D eigenvalue weighted by Gasteiger charge is -2.05. The summed E-state index contributed by atoms with van der Waals surface area (Å²) in [7, 11) is 1.53. The quantitative estimate of drug-likeness (QED) is 0.349. The first kappa shape index (κ1) is 21.5. The van der Waals surface area contributed by atoms with Gasteiger partial charge in [0.05, 0.1) is 42.3 Å². The van der Waals surface area contributed by atoms with Crippen molar-refractivity contribution in [1.82, 2.24) is 10.3 Å². The Morgan fingerprint density at radius 1 is 1.39 bits per heavy atom. The van der Waals surface area contributed by atoms with Crippen molar-refractivity contribution in [2.45, 2.75) is 13.0 Å². The van der Waals surface area contributed by atoms with E-state index < -0.39 is 11.9 Å². The molecule has 0 aliphatic carbocycles. The fourth-order valence-corrected chi connectivity index (χ4v) is 2.80. The monoisotopic (exact) mass is 405 g/mol. The third kappa shape index (κ3) is 4.54. The molecule has 1 amide bonds. The minimum absolute atomic E-state index is 0. The van der Waals surface area contributed by atoms with Crippen LogP contribution in [-0.2, 0) is 4.79 Å². The maximum atomic E-state index is 14.4. The maximum Gasteiger partial charge on any atom is 0.256 e. The molecular weight excluding hydrogens is 385 g/mol. The van der Waals surface area contributed by atoms with E-state index in [1.54, 1.807) is 25.3 Å². The third-order valence-corrected chi connectivity index (χ3v) is 4.03.